The summed E-state index contributed by atoms with van der Waals surface area (Å²) >= 11 is 3.56. The number of halogens is 1. The summed E-state index contributed by atoms with van der Waals surface area (Å²) in [5, 5.41) is 1.04. The van der Waals surface area contributed by atoms with E-state index in [1.807, 2.05) is 0 Å². The van der Waals surface area contributed by atoms with Crippen LogP contribution >= 0.6 is 15.9 Å². The zero-order valence-corrected chi connectivity index (χ0v) is 12.2. The molecule has 0 saturated heterocycles. The van der Waals surface area contributed by atoms with Crippen molar-refractivity contribution in [3.63, 3.8) is 0 Å². The van der Waals surface area contributed by atoms with Crippen LogP contribution in [0.4, 0.5) is 0 Å². The minimum absolute atomic E-state index is 0.584. The molecule has 0 fully saturated rings. The van der Waals surface area contributed by atoms with Crippen molar-refractivity contribution in [2.45, 2.75) is 33.1 Å². The second kappa shape index (κ2) is 6.29. The van der Waals surface area contributed by atoms with E-state index in [4.69, 9.17) is 4.74 Å². The number of hydrogen-bond donors (Lipinski definition) is 0. The molecule has 0 spiro atoms. The molecule has 1 nitrogen and oxygen atoms in total. The van der Waals surface area contributed by atoms with Crippen LogP contribution in [0.1, 0.15) is 37.8 Å². The molecule has 0 bridgehead atoms. The molecule has 1 aromatic carbocycles. The largest absolute Gasteiger partial charge is 0.497 e. The van der Waals surface area contributed by atoms with E-state index in [0.29, 0.717) is 11.8 Å². The summed E-state index contributed by atoms with van der Waals surface area (Å²) in [5.74, 6) is 2.19. The molecule has 0 heterocycles. The minimum atomic E-state index is 0.584. The molecule has 16 heavy (non-hydrogen) atoms. The molecule has 2 unspecified atom stereocenters. The lowest BCUT2D eigenvalue weighted by Gasteiger charge is -2.21. The van der Waals surface area contributed by atoms with Crippen molar-refractivity contribution in [1.29, 1.82) is 0 Å². The van der Waals surface area contributed by atoms with Gasteiger partial charge in [0.25, 0.3) is 0 Å². The number of methoxy groups -OCH3 is 1. The van der Waals surface area contributed by atoms with Gasteiger partial charge in [0.1, 0.15) is 5.75 Å². The highest BCUT2D eigenvalue weighted by molar-refractivity contribution is 9.09. The van der Waals surface area contributed by atoms with Gasteiger partial charge in [-0.2, -0.15) is 0 Å². The fraction of sp³-hybridized carbons (Fsp3) is 0.571. The van der Waals surface area contributed by atoms with E-state index in [1.54, 1.807) is 7.11 Å². The van der Waals surface area contributed by atoms with E-state index in [0.717, 1.165) is 17.5 Å². The Kier molecular flexibility index (Phi) is 5.33. The molecule has 0 aliphatic carbocycles. The van der Waals surface area contributed by atoms with Crippen LogP contribution in [0.15, 0.2) is 18.2 Å². The zero-order valence-electron chi connectivity index (χ0n) is 10.6. The Hall–Kier alpha value is -0.500. The molecular formula is C14H21BrO. The minimum Gasteiger partial charge on any atom is -0.497 e. The summed E-state index contributed by atoms with van der Waals surface area (Å²) in [6, 6.07) is 6.43. The van der Waals surface area contributed by atoms with E-state index in [2.05, 4.69) is 54.9 Å². The molecule has 2 atom stereocenters. The molecule has 90 valence electrons. The molecule has 0 radical (unpaired) electrons. The highest BCUT2D eigenvalue weighted by atomic mass is 79.9. The van der Waals surface area contributed by atoms with Gasteiger partial charge in [0.2, 0.25) is 0 Å². The average Bonchev–Trinajstić information content (AvgIpc) is 2.35. The lowest BCUT2D eigenvalue weighted by atomic mass is 9.86. The van der Waals surface area contributed by atoms with Crippen molar-refractivity contribution in [3.8, 4) is 5.75 Å². The first-order valence-corrected chi connectivity index (χ1v) is 6.98. The van der Waals surface area contributed by atoms with Crippen molar-refractivity contribution >= 4 is 15.9 Å². The van der Waals surface area contributed by atoms with Crippen LogP contribution < -0.4 is 4.74 Å². The van der Waals surface area contributed by atoms with Crippen LogP contribution in [0.2, 0.25) is 0 Å². The van der Waals surface area contributed by atoms with E-state index < -0.39 is 0 Å². The summed E-state index contributed by atoms with van der Waals surface area (Å²) in [4.78, 5) is 0. The third-order valence-electron chi connectivity index (χ3n) is 3.32. The molecule has 0 saturated carbocycles. The van der Waals surface area contributed by atoms with Crippen LogP contribution in [0.3, 0.4) is 0 Å². The first-order chi connectivity index (χ1) is 7.63. The van der Waals surface area contributed by atoms with Crippen molar-refractivity contribution < 1.29 is 4.74 Å². The molecule has 0 aromatic heterocycles. The maximum Gasteiger partial charge on any atom is 0.119 e. The van der Waals surface area contributed by atoms with Gasteiger partial charge in [-0.3, -0.25) is 0 Å². The molecule has 0 aliphatic heterocycles. The molecule has 1 rings (SSSR count). The van der Waals surface area contributed by atoms with Crippen LogP contribution in [-0.2, 0) is 6.42 Å². The first kappa shape index (κ1) is 13.6. The number of aryl methyl sites for hydroxylation is 1. The predicted molar refractivity (Wildman–Crippen MR) is 73.7 cm³/mol. The Morgan fingerprint density at radius 3 is 2.50 bits per heavy atom. The monoisotopic (exact) mass is 284 g/mol. The Balaban J connectivity index is 3.03. The quantitative estimate of drug-likeness (QED) is 0.729. The standard InChI is InChI=1S/C14H21BrO/c1-5-12-8-13(16-4)6-7-14(12)11(3)10(2)9-15/h6-8,10-11H,5,9H2,1-4H3. The van der Waals surface area contributed by atoms with Gasteiger partial charge < -0.3 is 4.74 Å². The number of hydrogen-bond acceptors (Lipinski definition) is 1. The molecule has 1 aromatic rings. The smallest absolute Gasteiger partial charge is 0.119 e. The summed E-state index contributed by atoms with van der Waals surface area (Å²) in [5.41, 5.74) is 2.86. The van der Waals surface area contributed by atoms with Gasteiger partial charge in [0.05, 0.1) is 7.11 Å². The highest BCUT2D eigenvalue weighted by Gasteiger charge is 2.16. The molecule has 0 N–H and O–H groups in total. The zero-order chi connectivity index (χ0) is 12.1. The van der Waals surface area contributed by atoms with E-state index in [1.165, 1.54) is 11.1 Å². The highest BCUT2D eigenvalue weighted by Crippen LogP contribution is 2.30. The van der Waals surface area contributed by atoms with Crippen molar-refractivity contribution in [3.05, 3.63) is 29.3 Å². The Bertz CT molecular complexity index is 336. The van der Waals surface area contributed by atoms with Gasteiger partial charge in [-0.25, -0.2) is 0 Å². The summed E-state index contributed by atoms with van der Waals surface area (Å²) in [7, 11) is 1.72. The molecule has 0 aliphatic rings. The van der Waals surface area contributed by atoms with Gasteiger partial charge in [-0.05, 0) is 41.5 Å². The van der Waals surface area contributed by atoms with Gasteiger partial charge >= 0.3 is 0 Å². The summed E-state index contributed by atoms with van der Waals surface area (Å²) in [6.45, 7) is 6.78. The second-order valence-corrected chi connectivity index (χ2v) is 4.99. The predicted octanol–water partition coefficient (Wildman–Crippen LogP) is 4.39. The van der Waals surface area contributed by atoms with Gasteiger partial charge in [0, 0.05) is 5.33 Å². The van der Waals surface area contributed by atoms with Crippen LogP contribution in [-0.4, -0.2) is 12.4 Å². The summed E-state index contributed by atoms with van der Waals surface area (Å²) < 4.78 is 5.27. The third kappa shape index (κ3) is 3.00. The maximum absolute atomic E-state index is 5.27. The number of ether oxygens (including phenoxy) is 1. The number of alkyl halides is 1. The fourth-order valence-corrected chi connectivity index (χ4v) is 2.46. The first-order valence-electron chi connectivity index (χ1n) is 5.86. The lowest BCUT2D eigenvalue weighted by molar-refractivity contribution is 0.413. The number of rotatable bonds is 5. The van der Waals surface area contributed by atoms with Crippen LogP contribution in [0.25, 0.3) is 0 Å². The van der Waals surface area contributed by atoms with Gasteiger partial charge in [0.15, 0.2) is 0 Å². The van der Waals surface area contributed by atoms with E-state index in [-0.39, 0.29) is 0 Å². The van der Waals surface area contributed by atoms with Crippen molar-refractivity contribution in [1.82, 2.24) is 0 Å². The lowest BCUT2D eigenvalue weighted by Crippen LogP contribution is -2.09. The van der Waals surface area contributed by atoms with Gasteiger partial charge in [-0.1, -0.05) is 42.8 Å². The fourth-order valence-electron chi connectivity index (χ4n) is 1.90. The summed E-state index contributed by atoms with van der Waals surface area (Å²) in [6.07, 6.45) is 1.06. The van der Waals surface area contributed by atoms with Crippen LogP contribution in [0.5, 0.6) is 5.75 Å². The van der Waals surface area contributed by atoms with Crippen LogP contribution in [0, 0.1) is 5.92 Å². The van der Waals surface area contributed by atoms with Crippen molar-refractivity contribution in [2.24, 2.45) is 5.92 Å². The molecular weight excluding hydrogens is 264 g/mol. The van der Waals surface area contributed by atoms with E-state index >= 15 is 0 Å². The second-order valence-electron chi connectivity index (χ2n) is 4.34. The SMILES string of the molecule is CCc1cc(OC)ccc1C(C)C(C)CBr. The Morgan fingerprint density at radius 2 is 2.00 bits per heavy atom. The Morgan fingerprint density at radius 1 is 1.31 bits per heavy atom. The normalized spacial score (nSPS) is 14.6. The average molecular weight is 285 g/mol. The van der Waals surface area contributed by atoms with Crippen molar-refractivity contribution in [2.75, 3.05) is 12.4 Å². The topological polar surface area (TPSA) is 9.23 Å². The third-order valence-corrected chi connectivity index (χ3v) is 4.34. The number of benzene rings is 1. The van der Waals surface area contributed by atoms with E-state index in [9.17, 15) is 0 Å². The molecule has 0 amide bonds. The maximum atomic E-state index is 5.27. The van der Waals surface area contributed by atoms with Gasteiger partial charge in [-0.15, -0.1) is 0 Å². The Labute approximate surface area is 107 Å². The molecule has 2 heteroatoms.